The zero-order valence-electron chi connectivity index (χ0n) is 12.3. The highest BCUT2D eigenvalue weighted by atomic mass is 16.5. The third-order valence-corrected chi connectivity index (χ3v) is 4.82. The number of benzene rings is 1. The summed E-state index contributed by atoms with van der Waals surface area (Å²) in [4.78, 5) is 2.47. The molecular formula is C17H25NO2. The lowest BCUT2D eigenvalue weighted by atomic mass is 9.91. The molecule has 3 nitrogen and oxygen atoms in total. The molecule has 1 aromatic rings. The van der Waals surface area contributed by atoms with Crippen molar-refractivity contribution in [3.05, 3.63) is 35.4 Å². The van der Waals surface area contributed by atoms with E-state index in [4.69, 9.17) is 4.74 Å². The Hall–Kier alpha value is -0.900. The Morgan fingerprint density at radius 2 is 2.20 bits per heavy atom. The molecular weight excluding hydrogens is 250 g/mol. The molecule has 3 heteroatoms. The zero-order chi connectivity index (χ0) is 13.9. The zero-order valence-corrected chi connectivity index (χ0v) is 12.3. The van der Waals surface area contributed by atoms with E-state index in [0.29, 0.717) is 5.92 Å². The predicted molar refractivity (Wildman–Crippen MR) is 79.7 cm³/mol. The van der Waals surface area contributed by atoms with Crippen LogP contribution in [0.1, 0.15) is 37.0 Å². The molecule has 0 bridgehead atoms. The van der Waals surface area contributed by atoms with E-state index in [1.54, 1.807) is 0 Å². The number of piperidine rings is 1. The number of aliphatic hydroxyl groups is 1. The van der Waals surface area contributed by atoms with Crippen LogP contribution < -0.4 is 0 Å². The molecule has 0 aliphatic carbocycles. The van der Waals surface area contributed by atoms with E-state index in [9.17, 15) is 5.11 Å². The number of nitrogens with zero attached hydrogens (tertiary/aromatic N) is 1. The topological polar surface area (TPSA) is 32.7 Å². The third-order valence-electron chi connectivity index (χ3n) is 4.82. The molecule has 1 N–H and O–H groups in total. The summed E-state index contributed by atoms with van der Waals surface area (Å²) in [5.41, 5.74) is 2.80. The fourth-order valence-corrected chi connectivity index (χ4v) is 3.52. The molecule has 110 valence electrons. The lowest BCUT2D eigenvalue weighted by Gasteiger charge is -2.38. The van der Waals surface area contributed by atoms with Crippen molar-refractivity contribution in [2.45, 2.75) is 38.4 Å². The molecule has 0 amide bonds. The van der Waals surface area contributed by atoms with E-state index in [1.165, 1.54) is 11.1 Å². The summed E-state index contributed by atoms with van der Waals surface area (Å²) in [5, 5.41) is 9.99. The summed E-state index contributed by atoms with van der Waals surface area (Å²) in [6.45, 7) is 5.94. The smallest absolute Gasteiger partial charge is 0.0954 e. The predicted octanol–water partition coefficient (Wildman–Crippen LogP) is 2.39. The molecule has 2 aliphatic rings. The Bertz CT molecular complexity index is 448. The van der Waals surface area contributed by atoms with Gasteiger partial charge in [-0.3, -0.25) is 4.90 Å². The Morgan fingerprint density at radius 3 is 3.05 bits per heavy atom. The average molecular weight is 275 g/mol. The maximum atomic E-state index is 9.99. The second-order valence-corrected chi connectivity index (χ2v) is 6.09. The Morgan fingerprint density at radius 1 is 1.35 bits per heavy atom. The average Bonchev–Trinajstić information content (AvgIpc) is 2.49. The highest BCUT2D eigenvalue weighted by molar-refractivity contribution is 5.31. The van der Waals surface area contributed by atoms with E-state index < -0.39 is 0 Å². The van der Waals surface area contributed by atoms with Gasteiger partial charge in [-0.1, -0.05) is 31.2 Å². The van der Waals surface area contributed by atoms with Crippen molar-refractivity contribution in [1.29, 1.82) is 0 Å². The first-order valence-corrected chi connectivity index (χ1v) is 7.87. The summed E-state index contributed by atoms with van der Waals surface area (Å²) in [7, 11) is 0. The minimum Gasteiger partial charge on any atom is -0.393 e. The van der Waals surface area contributed by atoms with Crippen molar-refractivity contribution in [1.82, 2.24) is 4.90 Å². The molecule has 0 aromatic heterocycles. The highest BCUT2D eigenvalue weighted by Crippen LogP contribution is 2.29. The maximum Gasteiger partial charge on any atom is 0.0954 e. The van der Waals surface area contributed by atoms with Gasteiger partial charge in [-0.25, -0.2) is 0 Å². The van der Waals surface area contributed by atoms with Crippen LogP contribution in [0, 0.1) is 5.92 Å². The minimum absolute atomic E-state index is 0.115. The molecule has 1 saturated heterocycles. The molecule has 20 heavy (non-hydrogen) atoms. The van der Waals surface area contributed by atoms with Gasteiger partial charge in [-0.2, -0.15) is 0 Å². The first-order chi connectivity index (χ1) is 9.78. The molecule has 2 aliphatic heterocycles. The molecule has 0 saturated carbocycles. The first-order valence-electron chi connectivity index (χ1n) is 7.87. The van der Waals surface area contributed by atoms with Gasteiger partial charge in [0.25, 0.3) is 0 Å². The number of likely N-dealkylation sites (tertiary alicyclic amines) is 1. The molecule has 3 rings (SSSR count). The lowest BCUT2D eigenvalue weighted by molar-refractivity contribution is -0.0205. The number of fused-ring (bicyclic) bond motifs is 1. The van der Waals surface area contributed by atoms with Gasteiger partial charge in [-0.05, 0) is 36.3 Å². The number of rotatable bonds is 3. The van der Waals surface area contributed by atoms with Crippen LogP contribution in [-0.2, 0) is 11.2 Å². The molecule has 3 unspecified atom stereocenters. The summed E-state index contributed by atoms with van der Waals surface area (Å²) in [6.07, 6.45) is 3.07. The highest BCUT2D eigenvalue weighted by Gasteiger charge is 2.29. The lowest BCUT2D eigenvalue weighted by Crippen LogP contribution is -2.45. The third kappa shape index (κ3) is 2.90. The summed E-state index contributed by atoms with van der Waals surface area (Å²) in [6, 6.07) is 8.65. The van der Waals surface area contributed by atoms with Gasteiger partial charge in [0.2, 0.25) is 0 Å². The van der Waals surface area contributed by atoms with Crippen molar-refractivity contribution < 1.29 is 9.84 Å². The fraction of sp³-hybridized carbons (Fsp3) is 0.647. The Labute approximate surface area is 121 Å². The van der Waals surface area contributed by atoms with E-state index in [-0.39, 0.29) is 12.2 Å². The normalized spacial score (nSPS) is 31.0. The van der Waals surface area contributed by atoms with Gasteiger partial charge < -0.3 is 9.84 Å². The van der Waals surface area contributed by atoms with Crippen LogP contribution in [0.4, 0.5) is 0 Å². The second kappa shape index (κ2) is 6.25. The van der Waals surface area contributed by atoms with Crippen LogP contribution in [0.25, 0.3) is 0 Å². The van der Waals surface area contributed by atoms with E-state index in [2.05, 4.69) is 36.1 Å². The quantitative estimate of drug-likeness (QED) is 0.919. The number of aliphatic hydroxyl groups excluding tert-OH is 1. The monoisotopic (exact) mass is 275 g/mol. The molecule has 1 aromatic carbocycles. The van der Waals surface area contributed by atoms with Gasteiger partial charge >= 0.3 is 0 Å². The van der Waals surface area contributed by atoms with Gasteiger partial charge in [0, 0.05) is 19.6 Å². The van der Waals surface area contributed by atoms with Crippen LogP contribution in [0.3, 0.4) is 0 Å². The molecule has 0 spiro atoms. The van der Waals surface area contributed by atoms with Gasteiger partial charge in [0.1, 0.15) is 0 Å². The van der Waals surface area contributed by atoms with Gasteiger partial charge in [0.15, 0.2) is 0 Å². The van der Waals surface area contributed by atoms with E-state index in [0.717, 1.165) is 45.5 Å². The van der Waals surface area contributed by atoms with Crippen molar-refractivity contribution in [2.75, 3.05) is 26.2 Å². The maximum absolute atomic E-state index is 9.99. The summed E-state index contributed by atoms with van der Waals surface area (Å²) < 4.78 is 6.00. The number of hydrogen-bond acceptors (Lipinski definition) is 3. The van der Waals surface area contributed by atoms with Crippen LogP contribution in [-0.4, -0.2) is 42.4 Å². The number of hydrogen-bond donors (Lipinski definition) is 1. The molecule has 1 fully saturated rings. The van der Waals surface area contributed by atoms with Crippen molar-refractivity contribution in [3.63, 3.8) is 0 Å². The van der Waals surface area contributed by atoms with Crippen LogP contribution in [0.2, 0.25) is 0 Å². The van der Waals surface area contributed by atoms with Crippen LogP contribution in [0.5, 0.6) is 0 Å². The number of ether oxygens (including phenoxy) is 1. The fourth-order valence-electron chi connectivity index (χ4n) is 3.52. The summed E-state index contributed by atoms with van der Waals surface area (Å²) >= 11 is 0. The van der Waals surface area contributed by atoms with Gasteiger partial charge in [-0.15, -0.1) is 0 Å². The van der Waals surface area contributed by atoms with Crippen LogP contribution >= 0.6 is 0 Å². The summed E-state index contributed by atoms with van der Waals surface area (Å²) in [5.74, 6) is 0.419. The van der Waals surface area contributed by atoms with Crippen LogP contribution in [0.15, 0.2) is 24.3 Å². The largest absolute Gasteiger partial charge is 0.393 e. The Balaban J connectivity index is 1.67. The first kappa shape index (κ1) is 14.1. The second-order valence-electron chi connectivity index (χ2n) is 6.09. The van der Waals surface area contributed by atoms with E-state index in [1.807, 2.05) is 0 Å². The molecule has 0 radical (unpaired) electrons. The SMILES string of the molecule is CCC1CN(CC2OCCc3ccccc32)CCC1O. The Kier molecular flexibility index (Phi) is 4.39. The van der Waals surface area contributed by atoms with E-state index >= 15 is 0 Å². The molecule has 3 atom stereocenters. The standard InChI is InChI=1S/C17H25NO2/c1-2-13-11-18(9-7-16(13)19)12-17-15-6-4-3-5-14(15)8-10-20-17/h3-6,13,16-17,19H,2,7-12H2,1H3. The van der Waals surface area contributed by atoms with Crippen molar-refractivity contribution in [2.24, 2.45) is 5.92 Å². The molecule has 2 heterocycles. The van der Waals surface area contributed by atoms with Gasteiger partial charge in [0.05, 0.1) is 18.8 Å². The van der Waals surface area contributed by atoms with Crippen molar-refractivity contribution in [3.8, 4) is 0 Å². The van der Waals surface area contributed by atoms with Crippen molar-refractivity contribution >= 4 is 0 Å². The minimum atomic E-state index is -0.115.